The minimum absolute atomic E-state index is 0.857. The minimum atomic E-state index is 0.857. The third-order valence-corrected chi connectivity index (χ3v) is 12.5. The van der Waals surface area contributed by atoms with Crippen LogP contribution in [0.3, 0.4) is 0 Å². The number of fused-ring (bicyclic) bond motifs is 12. The molecule has 0 saturated heterocycles. The van der Waals surface area contributed by atoms with Crippen molar-refractivity contribution in [3.63, 3.8) is 0 Å². The van der Waals surface area contributed by atoms with Gasteiger partial charge < -0.3 is 4.42 Å². The molecule has 0 bridgehead atoms. The summed E-state index contributed by atoms with van der Waals surface area (Å²) in [5.74, 6) is 0. The number of benzene rings is 9. The summed E-state index contributed by atoms with van der Waals surface area (Å²) in [5.41, 5.74) is 12.5. The van der Waals surface area contributed by atoms with Crippen molar-refractivity contribution in [3.8, 4) is 44.6 Å². The van der Waals surface area contributed by atoms with Gasteiger partial charge in [0.25, 0.3) is 0 Å². The second kappa shape index (κ2) is 12.2. The lowest BCUT2D eigenvalue weighted by Crippen LogP contribution is -1.93. The molecule has 0 amide bonds. The molecule has 12 aromatic rings. The average Bonchev–Trinajstić information content (AvgIpc) is 3.85. The van der Waals surface area contributed by atoms with Crippen molar-refractivity contribution in [2.45, 2.75) is 0 Å². The zero-order chi connectivity index (χ0) is 36.7. The number of rotatable bonds is 4. The summed E-state index contributed by atoms with van der Waals surface area (Å²) in [6.45, 7) is 0. The first-order chi connectivity index (χ1) is 27.7. The summed E-state index contributed by atoms with van der Waals surface area (Å²) in [6.07, 6.45) is 1.93. The summed E-state index contributed by atoms with van der Waals surface area (Å²) in [5, 5.41) is 9.39. The molecule has 0 spiro atoms. The highest BCUT2D eigenvalue weighted by Crippen LogP contribution is 2.42. The Hall–Kier alpha value is -7.14. The maximum Gasteiger partial charge on any atom is 0.143 e. The van der Waals surface area contributed by atoms with E-state index in [1.54, 1.807) is 0 Å². The van der Waals surface area contributed by atoms with Crippen LogP contribution in [0.4, 0.5) is 0 Å². The number of nitrogens with zero attached hydrogens (tertiary/aromatic N) is 2. The van der Waals surface area contributed by atoms with Gasteiger partial charge in [-0.2, -0.15) is 0 Å². The van der Waals surface area contributed by atoms with Crippen LogP contribution in [-0.4, -0.2) is 9.97 Å². The smallest absolute Gasteiger partial charge is 0.143 e. The highest BCUT2D eigenvalue weighted by molar-refractivity contribution is 7.26. The van der Waals surface area contributed by atoms with Gasteiger partial charge in [-0.25, -0.2) is 4.98 Å². The van der Waals surface area contributed by atoms with E-state index in [4.69, 9.17) is 14.4 Å². The van der Waals surface area contributed by atoms with Crippen molar-refractivity contribution in [2.24, 2.45) is 0 Å². The zero-order valence-corrected chi connectivity index (χ0v) is 30.8. The van der Waals surface area contributed by atoms with E-state index in [0.29, 0.717) is 0 Å². The lowest BCUT2D eigenvalue weighted by molar-refractivity contribution is 0.670. The van der Waals surface area contributed by atoms with E-state index in [1.807, 2.05) is 29.7 Å². The Balaban J connectivity index is 0.990. The number of hydrogen-bond donors (Lipinski definition) is 0. The summed E-state index contributed by atoms with van der Waals surface area (Å²) in [4.78, 5) is 10.5. The molecule has 3 nitrogen and oxygen atoms in total. The molecule has 0 aliphatic heterocycles. The molecule has 12 rings (SSSR count). The molecule has 56 heavy (non-hydrogen) atoms. The summed E-state index contributed by atoms with van der Waals surface area (Å²) in [6, 6.07) is 62.8. The van der Waals surface area contributed by atoms with E-state index in [9.17, 15) is 0 Å². The van der Waals surface area contributed by atoms with Gasteiger partial charge in [0.05, 0.1) is 22.9 Å². The standard InChI is InChI=1S/C52H30N2OS/c1-2-18-41-38(15-1)45-29-32(31-11-7-12-33(27-31)36-19-9-21-43-39-16-3-5-23-47(39)55-51(36)43)25-26-42(45)50-49(41)53-30-46(54-50)35-14-8-13-34(28-35)37-20-10-22-44-40-17-4-6-24-48(40)56-52(37)44/h1-30H. The Morgan fingerprint density at radius 3 is 1.91 bits per heavy atom. The molecule has 0 radical (unpaired) electrons. The quantitative estimate of drug-likeness (QED) is 0.169. The van der Waals surface area contributed by atoms with E-state index >= 15 is 0 Å². The number of para-hydroxylation sites is 2. The van der Waals surface area contributed by atoms with Gasteiger partial charge in [-0.15, -0.1) is 11.3 Å². The van der Waals surface area contributed by atoms with Crippen molar-refractivity contribution in [3.05, 3.63) is 182 Å². The molecule has 260 valence electrons. The number of hydrogen-bond acceptors (Lipinski definition) is 4. The maximum atomic E-state index is 6.42. The van der Waals surface area contributed by atoms with Gasteiger partial charge in [-0.05, 0) is 68.9 Å². The van der Waals surface area contributed by atoms with Crippen LogP contribution >= 0.6 is 11.3 Å². The molecule has 0 saturated carbocycles. The van der Waals surface area contributed by atoms with E-state index in [1.165, 1.54) is 36.7 Å². The van der Waals surface area contributed by atoms with Crippen molar-refractivity contribution < 1.29 is 4.42 Å². The van der Waals surface area contributed by atoms with Crippen LogP contribution in [0.1, 0.15) is 0 Å². The molecule has 0 N–H and O–H groups in total. The molecule has 3 aromatic heterocycles. The first-order valence-corrected chi connectivity index (χ1v) is 19.7. The van der Waals surface area contributed by atoms with Crippen LogP contribution < -0.4 is 0 Å². The van der Waals surface area contributed by atoms with Gasteiger partial charge in [0.1, 0.15) is 11.2 Å². The monoisotopic (exact) mass is 730 g/mol. The Labute approximate surface area is 325 Å². The Morgan fingerprint density at radius 2 is 1.02 bits per heavy atom. The fourth-order valence-electron chi connectivity index (χ4n) is 8.65. The molecule has 0 fully saturated rings. The summed E-state index contributed by atoms with van der Waals surface area (Å²) >= 11 is 1.86. The van der Waals surface area contributed by atoms with Crippen LogP contribution in [0.2, 0.25) is 0 Å². The summed E-state index contributed by atoms with van der Waals surface area (Å²) < 4.78 is 9.03. The molecule has 4 heteroatoms. The number of thiophene rings is 1. The van der Waals surface area contributed by atoms with E-state index in [0.717, 1.165) is 82.6 Å². The molecule has 0 aliphatic carbocycles. The van der Waals surface area contributed by atoms with E-state index in [-0.39, 0.29) is 0 Å². The lowest BCUT2D eigenvalue weighted by Gasteiger charge is -2.13. The zero-order valence-electron chi connectivity index (χ0n) is 30.0. The van der Waals surface area contributed by atoms with E-state index in [2.05, 4.69) is 164 Å². The van der Waals surface area contributed by atoms with Gasteiger partial charge >= 0.3 is 0 Å². The predicted octanol–water partition coefficient (Wildman–Crippen LogP) is 14.9. The maximum absolute atomic E-state index is 6.42. The highest BCUT2D eigenvalue weighted by atomic mass is 32.1. The first kappa shape index (κ1) is 31.2. The van der Waals surface area contributed by atoms with Crippen LogP contribution in [0.5, 0.6) is 0 Å². The molecule has 0 unspecified atom stereocenters. The van der Waals surface area contributed by atoms with Gasteiger partial charge in [0, 0.05) is 52.8 Å². The third-order valence-electron chi connectivity index (χ3n) is 11.3. The van der Waals surface area contributed by atoms with Gasteiger partial charge in [0.15, 0.2) is 0 Å². The Kier molecular flexibility index (Phi) is 6.80. The lowest BCUT2D eigenvalue weighted by atomic mass is 9.93. The number of furan rings is 1. The van der Waals surface area contributed by atoms with Crippen LogP contribution in [0.15, 0.2) is 187 Å². The largest absolute Gasteiger partial charge is 0.455 e. The summed E-state index contributed by atoms with van der Waals surface area (Å²) in [7, 11) is 0. The molecule has 0 atom stereocenters. The van der Waals surface area contributed by atoms with Crippen LogP contribution in [-0.2, 0) is 0 Å². The predicted molar refractivity (Wildman–Crippen MR) is 236 cm³/mol. The average molecular weight is 731 g/mol. The Bertz CT molecular complexity index is 3360. The number of aromatic nitrogens is 2. The molecule has 3 heterocycles. The van der Waals surface area contributed by atoms with Gasteiger partial charge in [-0.1, -0.05) is 146 Å². The minimum Gasteiger partial charge on any atom is -0.455 e. The van der Waals surface area contributed by atoms with Crippen LogP contribution in [0.25, 0.3) is 119 Å². The fourth-order valence-corrected chi connectivity index (χ4v) is 9.89. The van der Waals surface area contributed by atoms with Crippen LogP contribution in [0, 0.1) is 0 Å². The Morgan fingerprint density at radius 1 is 0.393 bits per heavy atom. The van der Waals surface area contributed by atoms with Gasteiger partial charge in [-0.3, -0.25) is 4.98 Å². The van der Waals surface area contributed by atoms with E-state index < -0.39 is 0 Å². The third kappa shape index (κ3) is 4.76. The van der Waals surface area contributed by atoms with Gasteiger partial charge in [0.2, 0.25) is 0 Å². The molecular formula is C52H30N2OS. The molecule has 0 aliphatic rings. The second-order valence-corrected chi connectivity index (χ2v) is 15.5. The van der Waals surface area contributed by atoms with Crippen molar-refractivity contribution in [2.75, 3.05) is 0 Å². The topological polar surface area (TPSA) is 38.9 Å². The van der Waals surface area contributed by atoms with Crippen molar-refractivity contribution >= 4 is 86.0 Å². The highest BCUT2D eigenvalue weighted by Gasteiger charge is 2.17. The first-order valence-electron chi connectivity index (χ1n) is 18.9. The van der Waals surface area contributed by atoms with Crippen molar-refractivity contribution in [1.29, 1.82) is 0 Å². The fraction of sp³-hybridized carbons (Fsp3) is 0. The second-order valence-electron chi connectivity index (χ2n) is 14.5. The molecular weight excluding hydrogens is 701 g/mol. The van der Waals surface area contributed by atoms with Crippen molar-refractivity contribution in [1.82, 2.24) is 9.97 Å². The SMILES string of the molecule is c1cc(-c2ccc3c(c2)c2ccccc2c2ncc(-c4cccc(-c5cccc6c5sc5ccccc56)c4)nc32)cc(-c2cccc3c2oc2ccccc23)c1. The normalized spacial score (nSPS) is 11.9. The molecule has 9 aromatic carbocycles.